The third kappa shape index (κ3) is 3.94. The van der Waals surface area contributed by atoms with E-state index < -0.39 is 0 Å². The van der Waals surface area contributed by atoms with Crippen LogP contribution in [0.3, 0.4) is 0 Å². The van der Waals surface area contributed by atoms with Gasteiger partial charge < -0.3 is 15.0 Å². The summed E-state index contributed by atoms with van der Waals surface area (Å²) in [5.41, 5.74) is 0. The van der Waals surface area contributed by atoms with Crippen LogP contribution in [0.15, 0.2) is 0 Å². The smallest absolute Gasteiger partial charge is 0.0587 e. The van der Waals surface area contributed by atoms with E-state index in [4.69, 9.17) is 4.74 Å². The zero-order chi connectivity index (χ0) is 12.8. The molecule has 1 N–H and O–H groups in total. The summed E-state index contributed by atoms with van der Waals surface area (Å²) >= 11 is 0. The van der Waals surface area contributed by atoms with Gasteiger partial charge in [-0.3, -0.25) is 0 Å². The monoisotopic (exact) mass is 254 g/mol. The Labute approximate surface area is 112 Å². The zero-order valence-electron chi connectivity index (χ0n) is 12.2. The molecular weight excluding hydrogens is 224 g/mol. The Hall–Kier alpha value is -0.120. The molecule has 0 aromatic heterocycles. The first kappa shape index (κ1) is 14.3. The lowest BCUT2D eigenvalue weighted by Gasteiger charge is -2.39. The Kier molecular flexibility index (Phi) is 5.93. The Morgan fingerprint density at radius 1 is 1.17 bits per heavy atom. The summed E-state index contributed by atoms with van der Waals surface area (Å²) in [6.07, 6.45) is 6.87. The quantitative estimate of drug-likeness (QED) is 0.814. The minimum Gasteiger partial charge on any atom is -0.378 e. The topological polar surface area (TPSA) is 24.5 Å². The number of hydrogen-bond acceptors (Lipinski definition) is 3. The van der Waals surface area contributed by atoms with E-state index in [1.807, 2.05) is 0 Å². The van der Waals surface area contributed by atoms with E-state index in [-0.39, 0.29) is 0 Å². The lowest BCUT2D eigenvalue weighted by Crippen LogP contribution is -2.45. The molecule has 18 heavy (non-hydrogen) atoms. The molecule has 2 rings (SSSR count). The van der Waals surface area contributed by atoms with Gasteiger partial charge in [-0.05, 0) is 57.7 Å². The Morgan fingerprint density at radius 3 is 2.61 bits per heavy atom. The Morgan fingerprint density at radius 2 is 1.94 bits per heavy atom. The van der Waals surface area contributed by atoms with E-state index in [0.717, 1.165) is 18.6 Å². The number of nitrogens with zero attached hydrogens (tertiary/aromatic N) is 1. The van der Waals surface area contributed by atoms with Crippen molar-refractivity contribution >= 4 is 0 Å². The van der Waals surface area contributed by atoms with Crippen molar-refractivity contribution in [1.82, 2.24) is 10.2 Å². The van der Waals surface area contributed by atoms with Gasteiger partial charge in [0.05, 0.1) is 6.10 Å². The van der Waals surface area contributed by atoms with Crippen LogP contribution in [-0.4, -0.2) is 49.8 Å². The van der Waals surface area contributed by atoms with Crippen molar-refractivity contribution in [3.63, 3.8) is 0 Å². The van der Waals surface area contributed by atoms with Crippen molar-refractivity contribution in [3.8, 4) is 0 Å². The van der Waals surface area contributed by atoms with Crippen molar-refractivity contribution in [1.29, 1.82) is 0 Å². The van der Waals surface area contributed by atoms with E-state index >= 15 is 0 Å². The standard InChI is InChI=1S/C15H30N2O/c1-3-15-11-14(7-10-18-15)17(4-2)12-13-5-8-16-9-6-13/h13-16H,3-12H2,1-2H3. The number of ether oxygens (including phenoxy) is 1. The SMILES string of the molecule is CCC1CC(N(CC)CC2CCNCC2)CCO1. The van der Waals surface area contributed by atoms with Crippen LogP contribution in [0.2, 0.25) is 0 Å². The molecule has 2 unspecified atom stereocenters. The molecule has 2 saturated heterocycles. The molecular formula is C15H30N2O. The molecule has 0 aromatic carbocycles. The van der Waals surface area contributed by atoms with Crippen LogP contribution in [0.4, 0.5) is 0 Å². The van der Waals surface area contributed by atoms with Crippen LogP contribution < -0.4 is 5.32 Å². The predicted molar refractivity (Wildman–Crippen MR) is 75.9 cm³/mol. The van der Waals surface area contributed by atoms with Crippen molar-refractivity contribution in [2.45, 2.75) is 58.1 Å². The molecule has 2 aliphatic rings. The van der Waals surface area contributed by atoms with Crippen LogP contribution in [0, 0.1) is 5.92 Å². The van der Waals surface area contributed by atoms with Gasteiger partial charge in [-0.15, -0.1) is 0 Å². The first-order chi connectivity index (χ1) is 8.83. The second kappa shape index (κ2) is 7.46. The van der Waals surface area contributed by atoms with Gasteiger partial charge in [0.25, 0.3) is 0 Å². The van der Waals surface area contributed by atoms with Crippen LogP contribution in [0.5, 0.6) is 0 Å². The van der Waals surface area contributed by atoms with Gasteiger partial charge in [0.1, 0.15) is 0 Å². The maximum atomic E-state index is 5.81. The maximum absolute atomic E-state index is 5.81. The minimum absolute atomic E-state index is 0.505. The van der Waals surface area contributed by atoms with Gasteiger partial charge >= 0.3 is 0 Å². The van der Waals surface area contributed by atoms with E-state index in [0.29, 0.717) is 6.10 Å². The molecule has 0 radical (unpaired) electrons. The average molecular weight is 254 g/mol. The number of piperidine rings is 1. The van der Waals surface area contributed by atoms with E-state index in [1.165, 1.54) is 58.3 Å². The number of hydrogen-bond donors (Lipinski definition) is 1. The molecule has 2 fully saturated rings. The van der Waals surface area contributed by atoms with Crippen molar-refractivity contribution in [2.75, 3.05) is 32.8 Å². The first-order valence-electron chi connectivity index (χ1n) is 7.89. The lowest BCUT2D eigenvalue weighted by atomic mass is 9.94. The third-order valence-corrected chi connectivity index (χ3v) is 4.67. The Balaban J connectivity index is 1.82. The normalized spacial score (nSPS) is 30.8. The van der Waals surface area contributed by atoms with Gasteiger partial charge in [0.2, 0.25) is 0 Å². The molecule has 0 saturated carbocycles. The highest BCUT2D eigenvalue weighted by Gasteiger charge is 2.27. The zero-order valence-corrected chi connectivity index (χ0v) is 12.2. The maximum Gasteiger partial charge on any atom is 0.0587 e. The third-order valence-electron chi connectivity index (χ3n) is 4.67. The number of nitrogens with one attached hydrogen (secondary N) is 1. The molecule has 2 aliphatic heterocycles. The Bertz CT molecular complexity index is 229. The summed E-state index contributed by atoms with van der Waals surface area (Å²) in [7, 11) is 0. The number of rotatable bonds is 5. The highest BCUT2D eigenvalue weighted by Crippen LogP contribution is 2.23. The fourth-order valence-corrected chi connectivity index (χ4v) is 3.41. The van der Waals surface area contributed by atoms with Crippen LogP contribution in [-0.2, 0) is 4.74 Å². The summed E-state index contributed by atoms with van der Waals surface area (Å²) in [5, 5.41) is 3.46. The molecule has 0 aromatic rings. The highest BCUT2D eigenvalue weighted by molar-refractivity contribution is 4.81. The van der Waals surface area contributed by atoms with Crippen LogP contribution >= 0.6 is 0 Å². The largest absolute Gasteiger partial charge is 0.378 e. The summed E-state index contributed by atoms with van der Waals surface area (Å²) in [6.45, 7) is 10.5. The van der Waals surface area contributed by atoms with Crippen LogP contribution in [0.1, 0.15) is 46.0 Å². The molecule has 2 heterocycles. The van der Waals surface area contributed by atoms with Gasteiger partial charge in [-0.1, -0.05) is 13.8 Å². The van der Waals surface area contributed by atoms with Crippen molar-refractivity contribution in [3.05, 3.63) is 0 Å². The highest BCUT2D eigenvalue weighted by atomic mass is 16.5. The average Bonchev–Trinajstić information content (AvgIpc) is 2.46. The fraction of sp³-hybridized carbons (Fsp3) is 1.00. The van der Waals surface area contributed by atoms with Gasteiger partial charge in [0, 0.05) is 19.2 Å². The summed E-state index contributed by atoms with van der Waals surface area (Å²) in [4.78, 5) is 2.72. The molecule has 106 valence electrons. The molecule has 0 bridgehead atoms. The van der Waals surface area contributed by atoms with Crippen LogP contribution in [0.25, 0.3) is 0 Å². The second-order valence-electron chi connectivity index (χ2n) is 5.86. The van der Waals surface area contributed by atoms with Crippen molar-refractivity contribution < 1.29 is 4.74 Å². The molecule has 2 atom stereocenters. The second-order valence-corrected chi connectivity index (χ2v) is 5.86. The van der Waals surface area contributed by atoms with Crippen molar-refractivity contribution in [2.24, 2.45) is 5.92 Å². The molecule has 0 aliphatic carbocycles. The van der Waals surface area contributed by atoms with E-state index in [2.05, 4.69) is 24.1 Å². The predicted octanol–water partition coefficient (Wildman–Crippen LogP) is 2.27. The molecule has 0 amide bonds. The molecule has 3 heteroatoms. The molecule has 3 nitrogen and oxygen atoms in total. The lowest BCUT2D eigenvalue weighted by molar-refractivity contribution is -0.0308. The van der Waals surface area contributed by atoms with Gasteiger partial charge in [-0.25, -0.2) is 0 Å². The van der Waals surface area contributed by atoms with Gasteiger partial charge in [0.15, 0.2) is 0 Å². The van der Waals surface area contributed by atoms with E-state index in [9.17, 15) is 0 Å². The summed E-state index contributed by atoms with van der Waals surface area (Å²) in [6, 6.07) is 0.767. The minimum atomic E-state index is 0.505. The first-order valence-corrected chi connectivity index (χ1v) is 7.89. The molecule has 0 spiro atoms. The van der Waals surface area contributed by atoms with Gasteiger partial charge in [-0.2, -0.15) is 0 Å². The summed E-state index contributed by atoms with van der Waals surface area (Å²) in [5.74, 6) is 0.911. The summed E-state index contributed by atoms with van der Waals surface area (Å²) < 4.78 is 5.81. The van der Waals surface area contributed by atoms with E-state index in [1.54, 1.807) is 0 Å². The fourth-order valence-electron chi connectivity index (χ4n) is 3.41.